The fraction of sp³-hybridized carbons (Fsp3) is 0.571. The number of hydrogen-bond acceptors (Lipinski definition) is 4. The molecule has 0 fully saturated rings. The molecule has 0 aliphatic heterocycles. The van der Waals surface area contributed by atoms with Gasteiger partial charge in [0.1, 0.15) is 11.4 Å². The first-order valence-electron chi connectivity index (χ1n) is 6.71. The van der Waals surface area contributed by atoms with Gasteiger partial charge in [-0.05, 0) is 49.7 Å². The molecule has 0 saturated carbocycles. The van der Waals surface area contributed by atoms with Gasteiger partial charge in [0.15, 0.2) is 0 Å². The molecule has 2 N–H and O–H groups in total. The maximum atomic E-state index is 11.2. The predicted octanol–water partition coefficient (Wildman–Crippen LogP) is 3.07. The maximum absolute atomic E-state index is 11.2. The first-order valence-corrected chi connectivity index (χ1v) is 7.50. The summed E-state index contributed by atoms with van der Waals surface area (Å²) in [5, 5.41) is 12.3. The van der Waals surface area contributed by atoms with Crippen molar-refractivity contribution in [3.8, 4) is 0 Å². The Bertz CT molecular complexity index is 456. The van der Waals surface area contributed by atoms with E-state index in [-0.39, 0.29) is 5.56 Å². The lowest BCUT2D eigenvalue weighted by molar-refractivity contribution is 0.0697. The summed E-state index contributed by atoms with van der Waals surface area (Å²) < 4.78 is 0.659. The second kappa shape index (κ2) is 7.59. The molecule has 0 spiro atoms. The number of carbonyl (C=O) groups is 1. The van der Waals surface area contributed by atoms with Crippen molar-refractivity contribution in [3.63, 3.8) is 0 Å². The number of anilines is 1. The van der Waals surface area contributed by atoms with E-state index in [1.807, 2.05) is 0 Å². The average molecular weight is 344 g/mol. The van der Waals surface area contributed by atoms with Gasteiger partial charge in [-0.2, -0.15) is 0 Å². The van der Waals surface area contributed by atoms with Crippen molar-refractivity contribution in [2.45, 2.75) is 39.8 Å². The van der Waals surface area contributed by atoms with Crippen LogP contribution in [0.2, 0.25) is 0 Å². The Hall–Kier alpha value is -1.14. The maximum Gasteiger partial charge on any atom is 0.339 e. The summed E-state index contributed by atoms with van der Waals surface area (Å²) in [7, 11) is 0. The summed E-state index contributed by atoms with van der Waals surface area (Å²) in [4.78, 5) is 17.6. The molecule has 1 aromatic heterocycles. The van der Waals surface area contributed by atoms with Crippen molar-refractivity contribution in [2.24, 2.45) is 0 Å². The van der Waals surface area contributed by atoms with Gasteiger partial charge in [-0.1, -0.05) is 0 Å². The fourth-order valence-corrected chi connectivity index (χ4v) is 2.49. The van der Waals surface area contributed by atoms with Crippen LogP contribution in [0.5, 0.6) is 0 Å². The van der Waals surface area contributed by atoms with Crippen LogP contribution in [0, 0.1) is 0 Å². The molecule has 1 aromatic rings. The third-order valence-electron chi connectivity index (χ3n) is 3.07. The normalized spacial score (nSPS) is 11.4. The van der Waals surface area contributed by atoms with Crippen molar-refractivity contribution in [2.75, 3.05) is 18.4 Å². The van der Waals surface area contributed by atoms with Gasteiger partial charge in [0.25, 0.3) is 0 Å². The van der Waals surface area contributed by atoms with Crippen LogP contribution >= 0.6 is 15.9 Å². The largest absolute Gasteiger partial charge is 0.478 e. The molecule has 0 aliphatic carbocycles. The molecule has 0 atom stereocenters. The quantitative estimate of drug-likeness (QED) is 0.796. The van der Waals surface area contributed by atoms with Gasteiger partial charge >= 0.3 is 5.97 Å². The van der Waals surface area contributed by atoms with Crippen molar-refractivity contribution in [1.82, 2.24) is 9.88 Å². The number of carboxylic acids is 1. The van der Waals surface area contributed by atoms with Crippen molar-refractivity contribution in [1.29, 1.82) is 0 Å². The number of rotatable bonds is 7. The summed E-state index contributed by atoms with van der Waals surface area (Å²) in [5.74, 6) is -0.570. The number of aromatic nitrogens is 1. The van der Waals surface area contributed by atoms with Crippen LogP contribution in [0.15, 0.2) is 16.7 Å². The summed E-state index contributed by atoms with van der Waals surface area (Å²) in [6.45, 7) is 10.1. The van der Waals surface area contributed by atoms with E-state index in [1.54, 1.807) is 12.3 Å². The SMILES string of the molecule is CC(C)N(CCNc1ncc(Br)cc1C(=O)O)C(C)C. The minimum Gasteiger partial charge on any atom is -0.478 e. The van der Waals surface area contributed by atoms with E-state index in [0.717, 1.165) is 6.54 Å². The van der Waals surface area contributed by atoms with Crippen LogP contribution in [0.1, 0.15) is 38.1 Å². The third-order valence-corrected chi connectivity index (χ3v) is 3.51. The van der Waals surface area contributed by atoms with Crippen LogP contribution in [-0.2, 0) is 0 Å². The minimum atomic E-state index is -0.981. The zero-order valence-corrected chi connectivity index (χ0v) is 13.9. The number of carboxylic acid groups (broad SMARTS) is 1. The smallest absolute Gasteiger partial charge is 0.339 e. The molecule has 0 amide bonds. The Balaban J connectivity index is 2.68. The van der Waals surface area contributed by atoms with Gasteiger partial charge in [0.05, 0.1) is 0 Å². The molecule has 112 valence electrons. The molecule has 0 aliphatic rings. The lowest BCUT2D eigenvalue weighted by Gasteiger charge is -2.30. The van der Waals surface area contributed by atoms with E-state index >= 15 is 0 Å². The molecule has 0 saturated heterocycles. The van der Waals surface area contributed by atoms with Crippen LogP contribution in [-0.4, -0.2) is 46.1 Å². The zero-order valence-electron chi connectivity index (χ0n) is 12.4. The number of halogens is 1. The van der Waals surface area contributed by atoms with Gasteiger partial charge in [-0.15, -0.1) is 0 Å². The van der Waals surface area contributed by atoms with Gasteiger partial charge in [0, 0.05) is 35.8 Å². The Morgan fingerprint density at radius 1 is 1.40 bits per heavy atom. The molecule has 1 rings (SSSR count). The number of hydrogen-bond donors (Lipinski definition) is 2. The fourth-order valence-electron chi connectivity index (χ4n) is 2.16. The monoisotopic (exact) mass is 343 g/mol. The second-order valence-corrected chi connectivity index (χ2v) is 6.12. The summed E-state index contributed by atoms with van der Waals surface area (Å²) in [6, 6.07) is 2.46. The van der Waals surface area contributed by atoms with Crippen LogP contribution in [0.25, 0.3) is 0 Å². The molecule has 6 heteroatoms. The number of nitrogens with zero attached hydrogens (tertiary/aromatic N) is 2. The van der Waals surface area contributed by atoms with E-state index in [4.69, 9.17) is 5.11 Å². The van der Waals surface area contributed by atoms with Crippen molar-refractivity contribution >= 4 is 27.7 Å². The van der Waals surface area contributed by atoms with Crippen molar-refractivity contribution < 1.29 is 9.90 Å². The molecular formula is C14H22BrN3O2. The summed E-state index contributed by atoms with van der Waals surface area (Å²) in [6.07, 6.45) is 1.59. The van der Waals surface area contributed by atoms with Crippen LogP contribution in [0.3, 0.4) is 0 Å². The highest BCUT2D eigenvalue weighted by Gasteiger charge is 2.15. The Kier molecular flexibility index (Phi) is 6.42. The molecular weight excluding hydrogens is 322 g/mol. The first-order chi connectivity index (χ1) is 9.32. The molecule has 1 heterocycles. The minimum absolute atomic E-state index is 0.181. The molecule has 0 aromatic carbocycles. The summed E-state index contributed by atoms with van der Waals surface area (Å²) >= 11 is 3.23. The van der Waals surface area contributed by atoms with E-state index in [1.165, 1.54) is 0 Å². The topological polar surface area (TPSA) is 65.5 Å². The lowest BCUT2D eigenvalue weighted by atomic mass is 10.2. The number of nitrogens with one attached hydrogen (secondary N) is 1. The van der Waals surface area contributed by atoms with Crippen molar-refractivity contribution in [3.05, 3.63) is 22.3 Å². The Morgan fingerprint density at radius 2 is 2.00 bits per heavy atom. The molecule has 20 heavy (non-hydrogen) atoms. The van der Waals surface area contributed by atoms with Gasteiger partial charge in [0.2, 0.25) is 0 Å². The number of pyridine rings is 1. The highest BCUT2D eigenvalue weighted by Crippen LogP contribution is 2.18. The Labute approximate surface area is 128 Å². The third kappa shape index (κ3) is 4.76. The van der Waals surface area contributed by atoms with E-state index in [9.17, 15) is 4.79 Å². The second-order valence-electron chi connectivity index (χ2n) is 5.21. The summed E-state index contributed by atoms with van der Waals surface area (Å²) in [5.41, 5.74) is 0.181. The number of aromatic carboxylic acids is 1. The molecule has 0 bridgehead atoms. The zero-order chi connectivity index (χ0) is 15.3. The predicted molar refractivity (Wildman–Crippen MR) is 84.4 cm³/mol. The highest BCUT2D eigenvalue weighted by molar-refractivity contribution is 9.10. The van der Waals surface area contributed by atoms with Gasteiger partial charge in [-0.25, -0.2) is 9.78 Å². The van der Waals surface area contributed by atoms with Crippen LogP contribution in [0.4, 0.5) is 5.82 Å². The Morgan fingerprint density at radius 3 is 2.50 bits per heavy atom. The van der Waals surface area contributed by atoms with Gasteiger partial charge in [-0.3, -0.25) is 4.90 Å². The first kappa shape index (κ1) is 16.9. The molecule has 0 radical (unpaired) electrons. The van der Waals surface area contributed by atoms with Gasteiger partial charge < -0.3 is 10.4 Å². The van der Waals surface area contributed by atoms with E-state index < -0.39 is 5.97 Å². The van der Waals surface area contributed by atoms with E-state index in [0.29, 0.717) is 28.9 Å². The van der Waals surface area contributed by atoms with Crippen LogP contribution < -0.4 is 5.32 Å². The molecule has 5 nitrogen and oxygen atoms in total. The average Bonchev–Trinajstić information content (AvgIpc) is 2.34. The lowest BCUT2D eigenvalue weighted by Crippen LogP contribution is -2.40. The highest BCUT2D eigenvalue weighted by atomic mass is 79.9. The molecule has 0 unspecified atom stereocenters. The van der Waals surface area contributed by atoms with E-state index in [2.05, 4.69) is 58.8 Å². The standard InChI is InChI=1S/C14H22BrN3O2/c1-9(2)18(10(3)4)6-5-16-13-12(14(19)20)7-11(15)8-17-13/h7-10H,5-6H2,1-4H3,(H,16,17)(H,19,20).